The molecule has 0 saturated heterocycles. The quantitative estimate of drug-likeness (QED) is 0.492. The summed E-state index contributed by atoms with van der Waals surface area (Å²) in [7, 11) is 0. The van der Waals surface area contributed by atoms with Gasteiger partial charge in [0.25, 0.3) is 0 Å². The minimum Gasteiger partial charge on any atom is -0.330 e. The van der Waals surface area contributed by atoms with Crippen molar-refractivity contribution in [1.82, 2.24) is 0 Å². The number of unbranched alkanes of at least 4 members (excludes halogenated alkanes) is 1. The van der Waals surface area contributed by atoms with Crippen molar-refractivity contribution in [2.75, 3.05) is 6.54 Å². The second-order valence-corrected chi connectivity index (χ2v) is 5.31. The molecule has 0 aromatic carbocycles. The monoisotopic (exact) mass is 224 g/mol. The Kier molecular flexibility index (Phi) is 8.22. The maximum atomic E-state index is 5.66. The molecule has 2 heteroatoms. The van der Waals surface area contributed by atoms with Crippen LogP contribution in [-0.2, 0) is 0 Å². The van der Waals surface area contributed by atoms with Crippen molar-refractivity contribution in [2.24, 2.45) is 16.9 Å². The van der Waals surface area contributed by atoms with Gasteiger partial charge in [0.05, 0.1) is 0 Å². The second-order valence-electron chi connectivity index (χ2n) is 5.31. The lowest BCUT2D eigenvalue weighted by Gasteiger charge is -2.19. The van der Waals surface area contributed by atoms with Crippen LogP contribution >= 0.6 is 0 Å². The van der Waals surface area contributed by atoms with Gasteiger partial charge in [-0.05, 0) is 44.6 Å². The zero-order valence-electron chi connectivity index (χ0n) is 11.1. The van der Waals surface area contributed by atoms with Crippen molar-refractivity contribution in [3.63, 3.8) is 0 Å². The van der Waals surface area contributed by atoms with E-state index in [1.807, 2.05) is 6.92 Å². The largest absolute Gasteiger partial charge is 0.330 e. The van der Waals surface area contributed by atoms with Gasteiger partial charge in [0.15, 0.2) is 0 Å². The number of allylic oxidation sites excluding steroid dienone is 3. The molecule has 4 N–H and O–H groups in total. The third kappa shape index (κ3) is 9.94. The molecule has 0 radical (unpaired) electrons. The molecule has 2 nitrogen and oxygen atoms in total. The van der Waals surface area contributed by atoms with E-state index >= 15 is 0 Å². The fraction of sp³-hybridized carbons (Fsp3) is 0.714. The smallest absolute Gasteiger partial charge is 0.00449 e. The molecule has 0 heterocycles. The molecule has 0 amide bonds. The Bertz CT molecular complexity index is 215. The molecule has 0 fully saturated rings. The molecule has 0 saturated carbocycles. The molecule has 1 atom stereocenters. The summed E-state index contributed by atoms with van der Waals surface area (Å²) in [6.45, 7) is 7.16. The predicted molar refractivity (Wildman–Crippen MR) is 73.2 cm³/mol. The Morgan fingerprint density at radius 2 is 1.62 bits per heavy atom. The van der Waals surface area contributed by atoms with E-state index in [-0.39, 0.29) is 11.5 Å². The van der Waals surface area contributed by atoms with Crippen LogP contribution in [0.3, 0.4) is 0 Å². The highest BCUT2D eigenvalue weighted by atomic mass is 14.6. The summed E-state index contributed by atoms with van der Waals surface area (Å²) < 4.78 is 0. The van der Waals surface area contributed by atoms with Crippen molar-refractivity contribution in [3.8, 4) is 0 Å². The van der Waals surface area contributed by atoms with Crippen LogP contribution in [0.4, 0.5) is 0 Å². The van der Waals surface area contributed by atoms with Crippen molar-refractivity contribution >= 4 is 0 Å². The molecule has 0 bridgehead atoms. The molecule has 94 valence electrons. The van der Waals surface area contributed by atoms with Gasteiger partial charge in [0.2, 0.25) is 0 Å². The van der Waals surface area contributed by atoms with Crippen LogP contribution in [0.2, 0.25) is 0 Å². The van der Waals surface area contributed by atoms with E-state index in [1.54, 1.807) is 0 Å². The van der Waals surface area contributed by atoms with Crippen LogP contribution in [0.1, 0.15) is 46.5 Å². The van der Waals surface area contributed by atoms with E-state index in [1.165, 1.54) is 0 Å². The molecule has 0 aliphatic heterocycles. The van der Waals surface area contributed by atoms with Crippen LogP contribution < -0.4 is 11.5 Å². The molecule has 0 aliphatic rings. The van der Waals surface area contributed by atoms with Crippen molar-refractivity contribution in [3.05, 3.63) is 24.3 Å². The fourth-order valence-corrected chi connectivity index (χ4v) is 1.22. The molecule has 0 aromatic heterocycles. The summed E-state index contributed by atoms with van der Waals surface area (Å²) in [5.41, 5.74) is 11.5. The number of hydrogen-bond acceptors (Lipinski definition) is 2. The lowest BCUT2D eigenvalue weighted by Crippen LogP contribution is -2.22. The summed E-state index contributed by atoms with van der Waals surface area (Å²) >= 11 is 0. The molecule has 1 unspecified atom stereocenters. The first-order valence-corrected chi connectivity index (χ1v) is 6.23. The normalized spacial score (nSPS) is 15.1. The summed E-state index contributed by atoms with van der Waals surface area (Å²) in [6, 6.07) is 0.275. The van der Waals surface area contributed by atoms with Crippen LogP contribution in [0.5, 0.6) is 0 Å². The Morgan fingerprint density at radius 3 is 2.12 bits per heavy atom. The molecule has 0 aromatic rings. The maximum Gasteiger partial charge on any atom is 0.00449 e. The van der Waals surface area contributed by atoms with E-state index in [0.717, 1.165) is 32.2 Å². The van der Waals surface area contributed by atoms with Gasteiger partial charge in [-0.15, -0.1) is 0 Å². The second kappa shape index (κ2) is 8.54. The van der Waals surface area contributed by atoms with Crippen LogP contribution in [0, 0.1) is 5.41 Å². The molecular formula is C14H28N2. The lowest BCUT2D eigenvalue weighted by molar-refractivity contribution is 0.384. The van der Waals surface area contributed by atoms with E-state index < -0.39 is 0 Å². The Hall–Kier alpha value is -0.600. The van der Waals surface area contributed by atoms with Gasteiger partial charge in [0.1, 0.15) is 0 Å². The van der Waals surface area contributed by atoms with E-state index in [0.29, 0.717) is 0 Å². The van der Waals surface area contributed by atoms with Gasteiger partial charge in [-0.2, -0.15) is 0 Å². The topological polar surface area (TPSA) is 52.0 Å². The maximum absolute atomic E-state index is 5.66. The van der Waals surface area contributed by atoms with Gasteiger partial charge in [0, 0.05) is 6.04 Å². The minimum absolute atomic E-state index is 0.237. The first kappa shape index (κ1) is 15.4. The number of hydrogen-bond donors (Lipinski definition) is 2. The molecular weight excluding hydrogens is 196 g/mol. The molecule has 0 rings (SSSR count). The van der Waals surface area contributed by atoms with Gasteiger partial charge in [-0.3, -0.25) is 0 Å². The van der Waals surface area contributed by atoms with Crippen molar-refractivity contribution in [2.45, 2.75) is 52.5 Å². The summed E-state index contributed by atoms with van der Waals surface area (Å²) in [4.78, 5) is 0. The zero-order valence-corrected chi connectivity index (χ0v) is 11.1. The van der Waals surface area contributed by atoms with E-state index in [4.69, 9.17) is 11.5 Å². The standard InChI is InChI=1S/C14H28N2/c1-13(16)10-8-6-4-5-7-9-11-14(2,3)12-15/h6-9,13H,4-5,10-12,15-16H2,1-3H3. The Morgan fingerprint density at radius 1 is 1.06 bits per heavy atom. The van der Waals surface area contributed by atoms with Gasteiger partial charge in [-0.25, -0.2) is 0 Å². The summed E-state index contributed by atoms with van der Waals surface area (Å²) in [5, 5.41) is 0. The summed E-state index contributed by atoms with van der Waals surface area (Å²) in [6.07, 6.45) is 13.1. The summed E-state index contributed by atoms with van der Waals surface area (Å²) in [5.74, 6) is 0. The van der Waals surface area contributed by atoms with Crippen LogP contribution in [-0.4, -0.2) is 12.6 Å². The highest BCUT2D eigenvalue weighted by Gasteiger charge is 2.12. The third-order valence-electron chi connectivity index (χ3n) is 2.56. The van der Waals surface area contributed by atoms with Crippen molar-refractivity contribution < 1.29 is 0 Å². The fourth-order valence-electron chi connectivity index (χ4n) is 1.22. The Balaban J connectivity index is 3.52. The Labute approximate surface area is 101 Å². The van der Waals surface area contributed by atoms with Crippen LogP contribution in [0.15, 0.2) is 24.3 Å². The van der Waals surface area contributed by atoms with E-state index in [9.17, 15) is 0 Å². The van der Waals surface area contributed by atoms with Gasteiger partial charge < -0.3 is 11.5 Å². The average Bonchev–Trinajstić information content (AvgIpc) is 2.21. The average molecular weight is 224 g/mol. The molecule has 0 aliphatic carbocycles. The highest BCUT2D eigenvalue weighted by Crippen LogP contribution is 2.18. The SMILES string of the molecule is CC(N)CC=CCCC=CCC(C)(C)CN. The van der Waals surface area contributed by atoms with Gasteiger partial charge >= 0.3 is 0 Å². The molecule has 0 spiro atoms. The minimum atomic E-state index is 0.237. The predicted octanol–water partition coefficient (Wildman–Crippen LogP) is 2.99. The molecule has 16 heavy (non-hydrogen) atoms. The third-order valence-corrected chi connectivity index (χ3v) is 2.56. The number of nitrogens with two attached hydrogens (primary N) is 2. The van der Waals surface area contributed by atoms with Gasteiger partial charge in [-0.1, -0.05) is 38.2 Å². The van der Waals surface area contributed by atoms with Crippen molar-refractivity contribution in [1.29, 1.82) is 0 Å². The first-order chi connectivity index (χ1) is 7.48. The first-order valence-electron chi connectivity index (χ1n) is 6.23. The zero-order chi connectivity index (χ0) is 12.4. The highest BCUT2D eigenvalue weighted by molar-refractivity contribution is 4.91. The van der Waals surface area contributed by atoms with Crippen LogP contribution in [0.25, 0.3) is 0 Å². The lowest BCUT2D eigenvalue weighted by atomic mass is 9.89. The number of rotatable bonds is 8. The van der Waals surface area contributed by atoms with E-state index in [2.05, 4.69) is 38.2 Å².